The summed E-state index contributed by atoms with van der Waals surface area (Å²) in [6, 6.07) is 4.42. The van der Waals surface area contributed by atoms with E-state index in [2.05, 4.69) is 34.4 Å². The highest BCUT2D eigenvalue weighted by Crippen LogP contribution is 2.33. The van der Waals surface area contributed by atoms with Crippen LogP contribution in [0.5, 0.6) is 0 Å². The minimum absolute atomic E-state index is 0.0504. The number of hydrogen-bond acceptors (Lipinski definition) is 4. The van der Waals surface area contributed by atoms with Crippen molar-refractivity contribution in [3.8, 4) is 0 Å². The lowest BCUT2D eigenvalue weighted by Crippen LogP contribution is -2.39. The lowest BCUT2D eigenvalue weighted by atomic mass is 9.85. The molecule has 23 heavy (non-hydrogen) atoms. The number of anilines is 2. The molecule has 0 spiro atoms. The van der Waals surface area contributed by atoms with Gasteiger partial charge in [-0.2, -0.15) is 0 Å². The van der Waals surface area contributed by atoms with E-state index in [9.17, 15) is 4.79 Å². The number of hydrogen-bond donors (Lipinski definition) is 2. The molecule has 1 saturated carbocycles. The van der Waals surface area contributed by atoms with Crippen LogP contribution in [0.4, 0.5) is 11.5 Å². The molecular formula is C18H28N4O. The predicted octanol–water partition coefficient (Wildman–Crippen LogP) is 2.79. The third-order valence-electron chi connectivity index (χ3n) is 5.28. The molecule has 3 unspecified atom stereocenters. The van der Waals surface area contributed by atoms with Crippen LogP contribution >= 0.6 is 0 Å². The van der Waals surface area contributed by atoms with E-state index >= 15 is 0 Å². The van der Waals surface area contributed by atoms with E-state index in [4.69, 9.17) is 0 Å². The van der Waals surface area contributed by atoms with Crippen LogP contribution in [-0.4, -0.2) is 36.1 Å². The van der Waals surface area contributed by atoms with Gasteiger partial charge in [-0.1, -0.05) is 12.8 Å². The lowest BCUT2D eigenvalue weighted by molar-refractivity contribution is -0.117. The van der Waals surface area contributed by atoms with Crippen LogP contribution < -0.4 is 15.5 Å². The van der Waals surface area contributed by atoms with Crippen LogP contribution in [0.3, 0.4) is 0 Å². The van der Waals surface area contributed by atoms with Gasteiger partial charge in [-0.15, -0.1) is 0 Å². The van der Waals surface area contributed by atoms with Gasteiger partial charge in [0.2, 0.25) is 5.91 Å². The average molecular weight is 316 g/mol. The molecule has 5 nitrogen and oxygen atoms in total. The van der Waals surface area contributed by atoms with Crippen molar-refractivity contribution in [3.63, 3.8) is 0 Å². The van der Waals surface area contributed by atoms with Crippen LogP contribution in [0.2, 0.25) is 0 Å². The summed E-state index contributed by atoms with van der Waals surface area (Å²) in [6.45, 7) is 6.10. The predicted molar refractivity (Wildman–Crippen MR) is 93.7 cm³/mol. The summed E-state index contributed by atoms with van der Waals surface area (Å²) in [5, 5.41) is 6.53. The van der Waals surface area contributed by atoms with Gasteiger partial charge in [0.15, 0.2) is 0 Å². The number of nitrogens with zero attached hydrogens (tertiary/aromatic N) is 2. The first-order chi connectivity index (χ1) is 11.2. The quantitative estimate of drug-likeness (QED) is 0.877. The molecule has 1 aromatic rings. The van der Waals surface area contributed by atoms with Crippen LogP contribution in [0.25, 0.3) is 0 Å². The Morgan fingerprint density at radius 2 is 2.09 bits per heavy atom. The van der Waals surface area contributed by atoms with Crippen LogP contribution in [-0.2, 0) is 4.79 Å². The Bertz CT molecular complexity index is 512. The number of aromatic nitrogens is 1. The zero-order chi connectivity index (χ0) is 16.2. The summed E-state index contributed by atoms with van der Waals surface area (Å²) in [7, 11) is 0. The molecule has 1 aliphatic heterocycles. The molecule has 3 atom stereocenters. The van der Waals surface area contributed by atoms with E-state index in [1.807, 2.05) is 12.1 Å². The Morgan fingerprint density at radius 1 is 1.30 bits per heavy atom. The standard InChI is InChI=1S/C18H28N4O/c1-3-22(4-2)17-10-9-14(12-19-17)20-18(23)16-11-13-7-5-6-8-15(13)21-16/h9-10,12-13,15-16,21H,3-8,11H2,1-2H3,(H,20,23). The van der Waals surface area contributed by atoms with E-state index in [0.717, 1.165) is 31.0 Å². The Morgan fingerprint density at radius 3 is 2.74 bits per heavy atom. The molecule has 0 aromatic carbocycles. The van der Waals surface area contributed by atoms with Crippen molar-refractivity contribution < 1.29 is 4.79 Å². The topological polar surface area (TPSA) is 57.3 Å². The molecule has 126 valence electrons. The van der Waals surface area contributed by atoms with Crippen LogP contribution in [0.15, 0.2) is 18.3 Å². The van der Waals surface area contributed by atoms with E-state index in [-0.39, 0.29) is 11.9 Å². The average Bonchev–Trinajstić information content (AvgIpc) is 3.02. The fourth-order valence-corrected chi connectivity index (χ4v) is 3.95. The summed E-state index contributed by atoms with van der Waals surface area (Å²) >= 11 is 0. The smallest absolute Gasteiger partial charge is 0.241 e. The van der Waals surface area contributed by atoms with Gasteiger partial charge >= 0.3 is 0 Å². The SMILES string of the molecule is CCN(CC)c1ccc(NC(=O)C2CC3CCCCC3N2)cn1. The molecule has 3 rings (SSSR count). The van der Waals surface area contributed by atoms with Crippen LogP contribution in [0.1, 0.15) is 46.0 Å². The summed E-state index contributed by atoms with van der Waals surface area (Å²) in [6.07, 6.45) is 7.82. The Labute approximate surface area is 138 Å². The Kier molecular flexibility index (Phi) is 5.16. The van der Waals surface area contributed by atoms with E-state index in [1.54, 1.807) is 6.20 Å². The summed E-state index contributed by atoms with van der Waals surface area (Å²) in [5.41, 5.74) is 0.780. The molecule has 1 aromatic heterocycles. The Hall–Kier alpha value is -1.62. The number of fused-ring (bicyclic) bond motifs is 1. The molecule has 1 saturated heterocycles. The minimum Gasteiger partial charge on any atom is -0.357 e. The second kappa shape index (κ2) is 7.30. The first-order valence-electron chi connectivity index (χ1n) is 8.99. The van der Waals surface area contributed by atoms with Gasteiger partial charge in [0, 0.05) is 19.1 Å². The van der Waals surface area contributed by atoms with Crippen molar-refractivity contribution >= 4 is 17.4 Å². The molecule has 0 radical (unpaired) electrons. The number of nitrogens with one attached hydrogen (secondary N) is 2. The number of rotatable bonds is 5. The fraction of sp³-hybridized carbons (Fsp3) is 0.667. The van der Waals surface area contributed by atoms with Crippen molar-refractivity contribution in [3.05, 3.63) is 18.3 Å². The molecule has 2 N–H and O–H groups in total. The van der Waals surface area contributed by atoms with Gasteiger partial charge in [-0.25, -0.2) is 4.98 Å². The van der Waals surface area contributed by atoms with Gasteiger partial charge < -0.3 is 15.5 Å². The molecule has 1 aliphatic carbocycles. The second-order valence-corrected chi connectivity index (χ2v) is 6.67. The van der Waals surface area contributed by atoms with Crippen molar-refractivity contribution in [2.45, 2.75) is 58.0 Å². The van der Waals surface area contributed by atoms with Crippen LogP contribution in [0, 0.1) is 5.92 Å². The van der Waals surface area contributed by atoms with Crippen molar-refractivity contribution in [2.75, 3.05) is 23.3 Å². The largest absolute Gasteiger partial charge is 0.357 e. The molecule has 2 fully saturated rings. The molecule has 2 heterocycles. The summed E-state index contributed by atoms with van der Waals surface area (Å²) in [5.74, 6) is 1.72. The fourth-order valence-electron chi connectivity index (χ4n) is 3.95. The highest BCUT2D eigenvalue weighted by Gasteiger charge is 2.38. The molecule has 5 heteroatoms. The van der Waals surface area contributed by atoms with Gasteiger partial charge in [0.05, 0.1) is 17.9 Å². The summed E-state index contributed by atoms with van der Waals surface area (Å²) < 4.78 is 0. The van der Waals surface area contributed by atoms with E-state index in [1.165, 1.54) is 25.7 Å². The monoisotopic (exact) mass is 316 g/mol. The summed E-state index contributed by atoms with van der Waals surface area (Å²) in [4.78, 5) is 19.1. The van der Waals surface area contributed by atoms with Crippen molar-refractivity contribution in [2.24, 2.45) is 5.92 Å². The maximum absolute atomic E-state index is 12.5. The lowest BCUT2D eigenvalue weighted by Gasteiger charge is -2.24. The highest BCUT2D eigenvalue weighted by atomic mass is 16.2. The van der Waals surface area contributed by atoms with E-state index in [0.29, 0.717) is 12.0 Å². The molecule has 2 aliphatic rings. The van der Waals surface area contributed by atoms with Gasteiger partial charge in [0.25, 0.3) is 0 Å². The zero-order valence-electron chi connectivity index (χ0n) is 14.2. The first kappa shape index (κ1) is 16.2. The zero-order valence-corrected chi connectivity index (χ0v) is 14.2. The molecule has 1 amide bonds. The minimum atomic E-state index is -0.0504. The van der Waals surface area contributed by atoms with Gasteiger partial charge in [0.1, 0.15) is 5.82 Å². The number of pyridine rings is 1. The normalized spacial score (nSPS) is 26.6. The maximum atomic E-state index is 12.5. The third kappa shape index (κ3) is 3.66. The highest BCUT2D eigenvalue weighted by molar-refractivity contribution is 5.95. The molecule has 0 bridgehead atoms. The maximum Gasteiger partial charge on any atom is 0.241 e. The van der Waals surface area contributed by atoms with Crippen molar-refractivity contribution in [1.82, 2.24) is 10.3 Å². The number of carbonyl (C=O) groups is 1. The Balaban J connectivity index is 1.57. The number of carbonyl (C=O) groups excluding carboxylic acids is 1. The van der Waals surface area contributed by atoms with E-state index < -0.39 is 0 Å². The van der Waals surface area contributed by atoms with Gasteiger partial charge in [-0.3, -0.25) is 4.79 Å². The van der Waals surface area contributed by atoms with Crippen molar-refractivity contribution in [1.29, 1.82) is 0 Å². The first-order valence-corrected chi connectivity index (χ1v) is 8.99. The van der Waals surface area contributed by atoms with Gasteiger partial charge in [-0.05, 0) is 51.2 Å². The second-order valence-electron chi connectivity index (χ2n) is 6.67. The third-order valence-corrected chi connectivity index (χ3v) is 5.28. The molecular weight excluding hydrogens is 288 g/mol. The number of amides is 1.